The molecule has 0 unspecified atom stereocenters. The molecule has 0 saturated heterocycles. The summed E-state index contributed by atoms with van der Waals surface area (Å²) in [5.41, 5.74) is -0.357. The molecule has 1 rings (SSSR count). The third kappa shape index (κ3) is 6.13. The van der Waals surface area contributed by atoms with E-state index in [1.165, 1.54) is 6.07 Å². The van der Waals surface area contributed by atoms with Crippen LogP contribution in [0.25, 0.3) is 0 Å². The highest BCUT2D eigenvalue weighted by Gasteiger charge is 2.39. The largest absolute Gasteiger partial charge is 0.419 e. The van der Waals surface area contributed by atoms with Crippen LogP contribution in [0.4, 0.5) is 0 Å². The molecule has 0 amide bonds. The second kappa shape index (κ2) is 7.53. The maximum absolute atomic E-state index is 11.2. The van der Waals surface area contributed by atoms with Crippen LogP contribution in [-0.2, 0) is 33.1 Å². The van der Waals surface area contributed by atoms with Gasteiger partial charge in [-0.2, -0.15) is 16.8 Å². The summed E-state index contributed by atoms with van der Waals surface area (Å²) >= 11 is 28.4. The standard InChI is InChI=1S/C7H3Cl5O7S2.H2O/c8-4-2-1-3(5(9)6(4)10)7(11,12)18-21(16,17)19-20(13,14)15;/h1-2H,(H,13,14,15);1H2. The zero-order valence-electron chi connectivity index (χ0n) is 9.76. The molecule has 3 N–H and O–H groups in total. The molecule has 22 heavy (non-hydrogen) atoms. The van der Waals surface area contributed by atoms with Crippen molar-refractivity contribution in [1.82, 2.24) is 0 Å². The number of benzene rings is 1. The summed E-state index contributed by atoms with van der Waals surface area (Å²) < 4.78 is 56.2. The van der Waals surface area contributed by atoms with Gasteiger partial charge in [0.2, 0.25) is 0 Å². The van der Waals surface area contributed by atoms with E-state index in [0.29, 0.717) is 0 Å². The predicted octanol–water partition coefficient (Wildman–Crippen LogP) is 2.49. The third-order valence-electron chi connectivity index (χ3n) is 1.72. The maximum atomic E-state index is 11.2. The Labute approximate surface area is 150 Å². The van der Waals surface area contributed by atoms with Gasteiger partial charge in [0, 0.05) is 5.56 Å². The minimum Gasteiger partial charge on any atom is -0.412 e. The molecule has 0 aliphatic heterocycles. The average molecular weight is 459 g/mol. The smallest absolute Gasteiger partial charge is 0.412 e. The van der Waals surface area contributed by atoms with Gasteiger partial charge in [-0.05, 0) is 6.07 Å². The highest BCUT2D eigenvalue weighted by Crippen LogP contribution is 2.44. The van der Waals surface area contributed by atoms with Crippen LogP contribution in [-0.4, -0.2) is 26.9 Å². The van der Waals surface area contributed by atoms with Gasteiger partial charge in [-0.3, -0.25) is 4.55 Å². The van der Waals surface area contributed by atoms with Crippen LogP contribution < -0.4 is 0 Å². The van der Waals surface area contributed by atoms with Gasteiger partial charge in [-0.15, -0.1) is 3.63 Å². The average Bonchev–Trinajstić information content (AvgIpc) is 2.20. The van der Waals surface area contributed by atoms with Crippen LogP contribution in [0, 0.1) is 0 Å². The van der Waals surface area contributed by atoms with E-state index >= 15 is 0 Å². The summed E-state index contributed by atoms with van der Waals surface area (Å²) in [6.45, 7) is 0. The summed E-state index contributed by atoms with van der Waals surface area (Å²) in [5, 5.41) is -0.513. The highest BCUT2D eigenvalue weighted by molar-refractivity contribution is 7.94. The van der Waals surface area contributed by atoms with Crippen molar-refractivity contribution in [2.75, 3.05) is 0 Å². The molecule has 8 nitrogen and oxygen atoms in total. The zero-order valence-corrected chi connectivity index (χ0v) is 15.2. The van der Waals surface area contributed by atoms with Gasteiger partial charge >= 0.3 is 20.8 Å². The SMILES string of the molecule is O.O=S(=O)(O)OS(=O)(=O)OC(Cl)(Cl)c1ccc(Cl)c(Cl)c1Cl. The Hall–Kier alpha value is 0.410. The van der Waals surface area contributed by atoms with E-state index in [2.05, 4.69) is 7.81 Å². The molecule has 0 aromatic heterocycles. The lowest BCUT2D eigenvalue weighted by Crippen LogP contribution is -2.24. The van der Waals surface area contributed by atoms with Crippen molar-refractivity contribution in [1.29, 1.82) is 0 Å². The van der Waals surface area contributed by atoms with E-state index in [1.54, 1.807) is 0 Å². The van der Waals surface area contributed by atoms with Gasteiger partial charge in [0.15, 0.2) is 0 Å². The Morgan fingerprint density at radius 1 is 1.00 bits per heavy atom. The first kappa shape index (κ1) is 22.4. The lowest BCUT2D eigenvalue weighted by molar-refractivity contribution is 0.215. The Morgan fingerprint density at radius 3 is 1.95 bits per heavy atom. The van der Waals surface area contributed by atoms with Gasteiger partial charge in [0.25, 0.3) is 4.52 Å². The summed E-state index contributed by atoms with van der Waals surface area (Å²) in [6.07, 6.45) is 0. The first-order valence-electron chi connectivity index (χ1n) is 4.41. The molecule has 0 radical (unpaired) electrons. The van der Waals surface area contributed by atoms with Crippen molar-refractivity contribution in [2.24, 2.45) is 0 Å². The minimum absolute atomic E-state index is 0. The van der Waals surface area contributed by atoms with Crippen LogP contribution in [0.15, 0.2) is 12.1 Å². The van der Waals surface area contributed by atoms with Gasteiger partial charge in [-0.25, -0.2) is 4.18 Å². The highest BCUT2D eigenvalue weighted by atomic mass is 35.5. The topological polar surface area (TPSA) is 138 Å². The second-order valence-electron chi connectivity index (χ2n) is 3.23. The van der Waals surface area contributed by atoms with Crippen LogP contribution in [0.3, 0.4) is 0 Å². The lowest BCUT2D eigenvalue weighted by atomic mass is 10.2. The van der Waals surface area contributed by atoms with Gasteiger partial charge in [0.1, 0.15) is 0 Å². The molecule has 0 atom stereocenters. The first-order valence-corrected chi connectivity index (χ1v) is 9.00. The second-order valence-corrected chi connectivity index (χ2v) is 8.03. The van der Waals surface area contributed by atoms with Gasteiger partial charge in [-0.1, -0.05) is 64.1 Å². The van der Waals surface area contributed by atoms with Crippen molar-refractivity contribution in [3.8, 4) is 0 Å². The summed E-state index contributed by atoms with van der Waals surface area (Å²) in [5.74, 6) is 0. The lowest BCUT2D eigenvalue weighted by Gasteiger charge is -2.20. The number of alkyl halides is 2. The molecule has 1 aromatic carbocycles. The number of hydrogen-bond acceptors (Lipinski definition) is 6. The molecule has 0 saturated carbocycles. The Balaban J connectivity index is 0.00000441. The van der Waals surface area contributed by atoms with Crippen molar-refractivity contribution in [3.63, 3.8) is 0 Å². The number of hydrogen-bond donors (Lipinski definition) is 1. The Bertz CT molecular complexity index is 759. The molecule has 1 aromatic rings. The molecule has 0 heterocycles. The quantitative estimate of drug-likeness (QED) is 0.406. The van der Waals surface area contributed by atoms with E-state index in [-0.39, 0.29) is 26.1 Å². The van der Waals surface area contributed by atoms with Crippen LogP contribution in [0.2, 0.25) is 15.1 Å². The van der Waals surface area contributed by atoms with E-state index < -0.39 is 25.3 Å². The molecule has 15 heteroatoms. The van der Waals surface area contributed by atoms with Crippen molar-refractivity contribution < 1.29 is 34.7 Å². The van der Waals surface area contributed by atoms with Gasteiger partial charge in [0.05, 0.1) is 15.1 Å². The maximum Gasteiger partial charge on any atom is 0.419 e. The zero-order chi connectivity index (χ0) is 16.6. The summed E-state index contributed by atoms with van der Waals surface area (Å²) in [7, 11) is -10.7. The van der Waals surface area contributed by atoms with Gasteiger partial charge < -0.3 is 5.48 Å². The fourth-order valence-electron chi connectivity index (χ4n) is 1.04. The fraction of sp³-hybridized carbons (Fsp3) is 0.143. The third-order valence-corrected chi connectivity index (χ3v) is 5.57. The normalized spacial score (nSPS) is 12.8. The van der Waals surface area contributed by atoms with Crippen LogP contribution in [0.1, 0.15) is 5.56 Å². The fourth-order valence-corrected chi connectivity index (χ4v) is 3.89. The monoisotopic (exact) mass is 456 g/mol. The van der Waals surface area contributed by atoms with E-state index in [1.807, 2.05) is 0 Å². The Kier molecular flexibility index (Phi) is 7.67. The minimum atomic E-state index is -5.37. The molecule has 0 fully saturated rings. The Morgan fingerprint density at radius 2 is 1.50 bits per heavy atom. The number of halogens is 5. The van der Waals surface area contributed by atoms with E-state index in [0.717, 1.165) is 6.07 Å². The molecule has 128 valence electrons. The van der Waals surface area contributed by atoms with Crippen LogP contribution in [0.5, 0.6) is 0 Å². The van der Waals surface area contributed by atoms with Crippen molar-refractivity contribution in [3.05, 3.63) is 32.8 Å². The molecule has 0 bridgehead atoms. The summed E-state index contributed by atoms with van der Waals surface area (Å²) in [4.78, 5) is 0. The van der Waals surface area contributed by atoms with Crippen molar-refractivity contribution in [2.45, 2.75) is 4.52 Å². The van der Waals surface area contributed by atoms with E-state index in [9.17, 15) is 16.8 Å². The van der Waals surface area contributed by atoms with Crippen molar-refractivity contribution >= 4 is 78.8 Å². The molecule has 0 aliphatic rings. The molecular weight excluding hydrogens is 453 g/mol. The molecular formula is C7H5Cl5O8S2. The summed E-state index contributed by atoms with van der Waals surface area (Å²) in [6, 6.07) is 2.27. The molecule has 0 spiro atoms. The van der Waals surface area contributed by atoms with E-state index in [4.69, 9.17) is 62.6 Å². The molecule has 0 aliphatic carbocycles. The predicted molar refractivity (Wildman–Crippen MR) is 81.1 cm³/mol. The van der Waals surface area contributed by atoms with Crippen LogP contribution >= 0.6 is 58.0 Å². The first-order chi connectivity index (χ1) is 9.25. The number of rotatable bonds is 5.